The highest BCUT2D eigenvalue weighted by Gasteiger charge is 2.32. The monoisotopic (exact) mass is 326 g/mol. The Kier molecular flexibility index (Phi) is 4.04. The molecule has 0 N–H and O–H groups in total. The number of aliphatic imine (C=N–C) groups is 1. The minimum absolute atomic E-state index is 0.195. The minimum atomic E-state index is -4.98. The molecular formula is C8H2BrF3N2O4. The van der Waals surface area contributed by atoms with E-state index < -0.39 is 28.4 Å². The SMILES string of the molecule is O=C=Nc1c(Br)cc(OC(F)(F)F)cc1[N+](=O)[O-]. The van der Waals surface area contributed by atoms with Crippen molar-refractivity contribution in [2.45, 2.75) is 6.36 Å². The molecule has 0 aliphatic carbocycles. The van der Waals surface area contributed by atoms with Crippen LogP contribution >= 0.6 is 15.9 Å². The third-order valence-corrected chi connectivity index (χ3v) is 2.21. The third kappa shape index (κ3) is 3.54. The molecule has 1 aromatic carbocycles. The molecule has 0 unspecified atom stereocenters. The van der Waals surface area contributed by atoms with Crippen LogP contribution < -0.4 is 4.74 Å². The van der Waals surface area contributed by atoms with Crippen LogP contribution in [0.25, 0.3) is 0 Å². The van der Waals surface area contributed by atoms with E-state index in [0.717, 1.165) is 12.1 Å². The van der Waals surface area contributed by atoms with Gasteiger partial charge in [0.05, 0.1) is 15.5 Å². The lowest BCUT2D eigenvalue weighted by molar-refractivity contribution is -0.384. The van der Waals surface area contributed by atoms with Gasteiger partial charge in [-0.1, -0.05) is 0 Å². The number of alkyl halides is 3. The summed E-state index contributed by atoms with van der Waals surface area (Å²) in [6, 6.07) is 1.31. The Hall–Kier alpha value is -1.93. The van der Waals surface area contributed by atoms with E-state index >= 15 is 0 Å². The molecule has 0 saturated carbocycles. The van der Waals surface area contributed by atoms with Crippen molar-refractivity contribution >= 4 is 33.4 Å². The van der Waals surface area contributed by atoms with Crippen LogP contribution in [-0.4, -0.2) is 17.4 Å². The lowest BCUT2D eigenvalue weighted by atomic mass is 10.2. The summed E-state index contributed by atoms with van der Waals surface area (Å²) in [4.78, 5) is 22.7. The van der Waals surface area contributed by atoms with Crippen LogP contribution in [0, 0.1) is 10.1 Å². The number of isocyanates is 1. The van der Waals surface area contributed by atoms with Gasteiger partial charge in [-0.2, -0.15) is 4.99 Å². The van der Waals surface area contributed by atoms with E-state index in [1.807, 2.05) is 0 Å². The maximum absolute atomic E-state index is 12.0. The molecule has 0 saturated heterocycles. The van der Waals surface area contributed by atoms with E-state index in [1.165, 1.54) is 0 Å². The van der Waals surface area contributed by atoms with E-state index in [2.05, 4.69) is 25.7 Å². The van der Waals surface area contributed by atoms with E-state index in [-0.39, 0.29) is 4.47 Å². The maximum Gasteiger partial charge on any atom is 0.573 e. The molecule has 0 radical (unpaired) electrons. The number of benzene rings is 1. The standard InChI is InChI=1S/C8H2BrF3N2O4/c9-5-1-4(18-8(10,11)12)2-6(14(16)17)7(5)13-3-15/h1-2H. The Labute approximate surface area is 105 Å². The number of nitrogens with zero attached hydrogens (tertiary/aromatic N) is 2. The summed E-state index contributed by atoms with van der Waals surface area (Å²) in [6.07, 6.45) is -3.92. The van der Waals surface area contributed by atoms with Crippen molar-refractivity contribution in [1.29, 1.82) is 0 Å². The first kappa shape index (κ1) is 14.1. The second-order valence-electron chi connectivity index (χ2n) is 2.78. The normalized spacial score (nSPS) is 10.7. The Morgan fingerprint density at radius 3 is 2.50 bits per heavy atom. The zero-order valence-corrected chi connectivity index (χ0v) is 9.78. The third-order valence-electron chi connectivity index (χ3n) is 1.60. The van der Waals surface area contributed by atoms with Crippen molar-refractivity contribution in [3.63, 3.8) is 0 Å². The van der Waals surface area contributed by atoms with Crippen molar-refractivity contribution in [2.24, 2.45) is 4.99 Å². The molecule has 0 amide bonds. The smallest absolute Gasteiger partial charge is 0.405 e. The van der Waals surface area contributed by atoms with Crippen LogP contribution in [0.2, 0.25) is 0 Å². The van der Waals surface area contributed by atoms with Gasteiger partial charge in [0.25, 0.3) is 0 Å². The van der Waals surface area contributed by atoms with Gasteiger partial charge in [-0.05, 0) is 22.0 Å². The van der Waals surface area contributed by atoms with Crippen LogP contribution in [0.5, 0.6) is 5.75 Å². The predicted molar refractivity (Wildman–Crippen MR) is 55.3 cm³/mol. The highest BCUT2D eigenvalue weighted by atomic mass is 79.9. The lowest BCUT2D eigenvalue weighted by Crippen LogP contribution is -2.17. The summed E-state index contributed by atoms with van der Waals surface area (Å²) in [6.45, 7) is 0. The summed E-state index contributed by atoms with van der Waals surface area (Å²) in [5.74, 6) is -0.800. The predicted octanol–water partition coefficient (Wildman–Crippen LogP) is 3.22. The van der Waals surface area contributed by atoms with Crippen LogP contribution in [0.1, 0.15) is 0 Å². The van der Waals surface area contributed by atoms with Gasteiger partial charge in [-0.25, -0.2) is 4.79 Å². The first-order valence-electron chi connectivity index (χ1n) is 4.06. The van der Waals surface area contributed by atoms with Gasteiger partial charge in [0.1, 0.15) is 5.75 Å². The van der Waals surface area contributed by atoms with Crippen molar-refractivity contribution in [3.8, 4) is 5.75 Å². The Morgan fingerprint density at radius 2 is 2.06 bits per heavy atom. The van der Waals surface area contributed by atoms with E-state index in [9.17, 15) is 28.1 Å². The molecule has 0 atom stereocenters. The molecular weight excluding hydrogens is 325 g/mol. The van der Waals surface area contributed by atoms with Crippen molar-refractivity contribution < 1.29 is 27.6 Å². The Bertz CT molecular complexity index is 540. The average Bonchev–Trinajstić information content (AvgIpc) is 2.19. The fraction of sp³-hybridized carbons (Fsp3) is 0.125. The van der Waals surface area contributed by atoms with E-state index in [0.29, 0.717) is 6.07 Å². The van der Waals surface area contributed by atoms with Crippen LogP contribution in [0.3, 0.4) is 0 Å². The summed E-state index contributed by atoms with van der Waals surface area (Å²) in [5, 5.41) is 10.6. The number of ether oxygens (including phenoxy) is 1. The van der Waals surface area contributed by atoms with Gasteiger partial charge in [-0.3, -0.25) is 10.1 Å². The topological polar surface area (TPSA) is 81.8 Å². The number of hydrogen-bond acceptors (Lipinski definition) is 5. The Morgan fingerprint density at radius 1 is 1.44 bits per heavy atom. The average molecular weight is 327 g/mol. The fourth-order valence-electron chi connectivity index (χ4n) is 1.05. The summed E-state index contributed by atoms with van der Waals surface area (Å²) in [5.41, 5.74) is -1.25. The first-order chi connectivity index (χ1) is 8.24. The van der Waals surface area contributed by atoms with Crippen molar-refractivity contribution in [2.75, 3.05) is 0 Å². The zero-order chi connectivity index (χ0) is 13.9. The second kappa shape index (κ2) is 5.15. The fourth-order valence-corrected chi connectivity index (χ4v) is 1.57. The zero-order valence-electron chi connectivity index (χ0n) is 8.19. The summed E-state index contributed by atoms with van der Waals surface area (Å²) < 4.78 is 39.2. The maximum atomic E-state index is 12.0. The molecule has 1 aromatic rings. The van der Waals surface area contributed by atoms with Crippen LogP contribution in [0.15, 0.2) is 21.6 Å². The summed E-state index contributed by atoms with van der Waals surface area (Å²) in [7, 11) is 0. The molecule has 0 bridgehead atoms. The molecule has 0 aromatic heterocycles. The van der Waals surface area contributed by atoms with Gasteiger partial charge in [0, 0.05) is 0 Å². The second-order valence-corrected chi connectivity index (χ2v) is 3.64. The number of hydrogen-bond donors (Lipinski definition) is 0. The van der Waals surface area contributed by atoms with E-state index in [4.69, 9.17) is 0 Å². The molecule has 0 spiro atoms. The first-order valence-corrected chi connectivity index (χ1v) is 4.85. The highest BCUT2D eigenvalue weighted by molar-refractivity contribution is 9.10. The molecule has 18 heavy (non-hydrogen) atoms. The van der Waals surface area contributed by atoms with Crippen LogP contribution in [0.4, 0.5) is 24.5 Å². The number of halogens is 4. The summed E-state index contributed by atoms with van der Waals surface area (Å²) >= 11 is 2.75. The molecule has 6 nitrogen and oxygen atoms in total. The van der Waals surface area contributed by atoms with Crippen molar-refractivity contribution in [1.82, 2.24) is 0 Å². The van der Waals surface area contributed by atoms with Gasteiger partial charge >= 0.3 is 12.0 Å². The van der Waals surface area contributed by atoms with E-state index in [1.54, 1.807) is 0 Å². The number of nitro groups is 1. The number of rotatable bonds is 3. The number of nitro benzene ring substituents is 1. The van der Waals surface area contributed by atoms with Crippen molar-refractivity contribution in [3.05, 3.63) is 26.7 Å². The molecule has 96 valence electrons. The number of carbonyl (C=O) groups excluding carboxylic acids is 1. The Balaban J connectivity index is 3.36. The molecule has 0 heterocycles. The van der Waals surface area contributed by atoms with Gasteiger partial charge in [-0.15, -0.1) is 13.2 Å². The largest absolute Gasteiger partial charge is 0.573 e. The molecule has 1 rings (SSSR count). The highest BCUT2D eigenvalue weighted by Crippen LogP contribution is 2.40. The molecule has 0 fully saturated rings. The molecule has 0 aliphatic rings. The van der Waals surface area contributed by atoms with Gasteiger partial charge in [0.2, 0.25) is 6.08 Å². The quantitative estimate of drug-likeness (QED) is 0.369. The van der Waals surface area contributed by atoms with Gasteiger partial charge in [0.15, 0.2) is 5.69 Å². The van der Waals surface area contributed by atoms with Gasteiger partial charge < -0.3 is 4.74 Å². The molecule has 10 heteroatoms. The lowest BCUT2D eigenvalue weighted by Gasteiger charge is -2.09. The minimum Gasteiger partial charge on any atom is -0.405 e. The molecule has 0 aliphatic heterocycles. The van der Waals surface area contributed by atoms with Crippen LogP contribution in [-0.2, 0) is 4.79 Å².